The number of fused-ring (bicyclic) bond motifs is 1. The van der Waals surface area contributed by atoms with E-state index in [1.165, 1.54) is 0 Å². The molecule has 0 aromatic heterocycles. The van der Waals surface area contributed by atoms with Crippen LogP contribution in [-0.2, 0) is 11.3 Å². The maximum Gasteiger partial charge on any atom is 0.257 e. The zero-order chi connectivity index (χ0) is 18.9. The molecule has 6 nitrogen and oxygen atoms in total. The Morgan fingerprint density at radius 3 is 2.44 bits per heavy atom. The molecule has 6 heteroatoms. The van der Waals surface area contributed by atoms with Gasteiger partial charge in [-0.3, -0.25) is 4.79 Å². The van der Waals surface area contributed by atoms with Crippen molar-refractivity contribution in [3.05, 3.63) is 53.6 Å². The minimum Gasteiger partial charge on any atom is -0.496 e. The Kier molecular flexibility index (Phi) is 4.66. The van der Waals surface area contributed by atoms with Crippen LogP contribution in [0.15, 0.2) is 42.5 Å². The normalized spacial score (nSPS) is 17.8. The molecule has 1 spiro atoms. The van der Waals surface area contributed by atoms with Gasteiger partial charge in [0.15, 0.2) is 11.5 Å². The first kappa shape index (κ1) is 17.7. The molecule has 2 aromatic carbocycles. The molecule has 0 N–H and O–H groups in total. The highest BCUT2D eigenvalue weighted by Gasteiger charge is 2.43. The fourth-order valence-electron chi connectivity index (χ4n) is 3.66. The third-order valence-electron chi connectivity index (χ3n) is 5.21. The Bertz CT molecular complexity index is 828. The molecule has 4 rings (SSSR count). The number of carbonyl (C=O) groups is 1. The van der Waals surface area contributed by atoms with Crippen molar-refractivity contribution in [1.29, 1.82) is 0 Å². The van der Waals surface area contributed by atoms with Crippen molar-refractivity contribution >= 4 is 5.91 Å². The van der Waals surface area contributed by atoms with Gasteiger partial charge in [-0.15, -0.1) is 0 Å². The summed E-state index contributed by atoms with van der Waals surface area (Å²) < 4.78 is 23.1. The van der Waals surface area contributed by atoms with Gasteiger partial charge in [0.1, 0.15) is 5.75 Å². The lowest BCUT2D eigenvalue weighted by Crippen LogP contribution is -2.52. The third-order valence-corrected chi connectivity index (χ3v) is 5.21. The van der Waals surface area contributed by atoms with E-state index in [1.54, 1.807) is 26.4 Å². The van der Waals surface area contributed by atoms with Crippen LogP contribution < -0.4 is 14.2 Å². The molecule has 0 bridgehead atoms. The lowest BCUT2D eigenvalue weighted by Gasteiger charge is -2.44. The number of carbonyl (C=O) groups excluding carboxylic acids is 1. The summed E-state index contributed by atoms with van der Waals surface area (Å²) in [5.41, 5.74) is 1.56. The minimum absolute atomic E-state index is 0.0314. The van der Waals surface area contributed by atoms with Crippen LogP contribution in [0.3, 0.4) is 0 Å². The molecule has 0 radical (unpaired) electrons. The molecule has 0 aliphatic carbocycles. The standard InChI is InChI=1S/C21H23NO5/c1-24-17-8-4-3-7-16(17)20(23)22-12-10-21(11-13-22)26-14-15-6-5-9-18(25-2)19(15)27-21/h3-9H,10-14H2,1-2H3. The van der Waals surface area contributed by atoms with Gasteiger partial charge in [-0.2, -0.15) is 0 Å². The average Bonchev–Trinajstić information content (AvgIpc) is 2.73. The van der Waals surface area contributed by atoms with Crippen molar-refractivity contribution in [1.82, 2.24) is 4.90 Å². The lowest BCUT2D eigenvalue weighted by atomic mass is 10.00. The SMILES string of the molecule is COc1ccccc1C(=O)N1CCC2(CC1)OCc1cccc(OC)c1O2. The van der Waals surface area contributed by atoms with E-state index < -0.39 is 5.79 Å². The van der Waals surface area contributed by atoms with Crippen LogP contribution in [0.5, 0.6) is 17.2 Å². The second kappa shape index (κ2) is 7.12. The zero-order valence-electron chi connectivity index (χ0n) is 15.6. The van der Waals surface area contributed by atoms with Gasteiger partial charge in [0.25, 0.3) is 5.91 Å². The minimum atomic E-state index is -0.709. The quantitative estimate of drug-likeness (QED) is 0.831. The number of hydrogen-bond donors (Lipinski definition) is 0. The molecule has 27 heavy (non-hydrogen) atoms. The zero-order valence-corrected chi connectivity index (χ0v) is 15.6. The molecule has 2 aliphatic rings. The van der Waals surface area contributed by atoms with Gasteiger partial charge in [-0.1, -0.05) is 24.3 Å². The summed E-state index contributed by atoms with van der Waals surface area (Å²) in [5, 5.41) is 0. The summed E-state index contributed by atoms with van der Waals surface area (Å²) in [6.07, 6.45) is 1.21. The van der Waals surface area contributed by atoms with Crippen LogP contribution in [-0.4, -0.2) is 43.9 Å². The molecular formula is C21H23NO5. The van der Waals surface area contributed by atoms with Crippen LogP contribution in [0, 0.1) is 0 Å². The van der Waals surface area contributed by atoms with E-state index in [2.05, 4.69) is 0 Å². The van der Waals surface area contributed by atoms with Gasteiger partial charge in [0.05, 0.1) is 26.4 Å². The summed E-state index contributed by atoms with van der Waals surface area (Å²) in [7, 11) is 3.21. The summed E-state index contributed by atoms with van der Waals surface area (Å²) in [4.78, 5) is 14.7. The average molecular weight is 369 g/mol. The summed E-state index contributed by atoms with van der Waals surface area (Å²) in [6, 6.07) is 13.1. The van der Waals surface area contributed by atoms with Crippen molar-refractivity contribution in [2.75, 3.05) is 27.3 Å². The van der Waals surface area contributed by atoms with E-state index in [1.807, 2.05) is 35.2 Å². The van der Waals surface area contributed by atoms with Crippen LogP contribution in [0.1, 0.15) is 28.8 Å². The summed E-state index contributed by atoms with van der Waals surface area (Å²) in [5.74, 6) is 1.31. The molecule has 2 aromatic rings. The molecule has 142 valence electrons. The number of methoxy groups -OCH3 is 2. The van der Waals surface area contributed by atoms with E-state index in [-0.39, 0.29) is 5.91 Å². The van der Waals surface area contributed by atoms with E-state index >= 15 is 0 Å². The predicted octanol–water partition coefficient (Wildman–Crippen LogP) is 3.25. The number of para-hydroxylation sites is 2. The maximum atomic E-state index is 12.9. The topological polar surface area (TPSA) is 57.2 Å². The summed E-state index contributed by atoms with van der Waals surface area (Å²) in [6.45, 7) is 1.59. The molecule has 0 saturated carbocycles. The number of piperidine rings is 1. The first-order valence-electron chi connectivity index (χ1n) is 9.07. The lowest BCUT2D eigenvalue weighted by molar-refractivity contribution is -0.226. The van der Waals surface area contributed by atoms with Crippen molar-refractivity contribution in [3.8, 4) is 17.2 Å². The van der Waals surface area contributed by atoms with Gasteiger partial charge < -0.3 is 23.8 Å². The Morgan fingerprint density at radius 2 is 1.70 bits per heavy atom. The molecular weight excluding hydrogens is 346 g/mol. The van der Waals surface area contributed by atoms with E-state index in [0.717, 1.165) is 11.3 Å². The monoisotopic (exact) mass is 369 g/mol. The van der Waals surface area contributed by atoms with Crippen molar-refractivity contribution < 1.29 is 23.7 Å². The van der Waals surface area contributed by atoms with Crippen LogP contribution in [0.4, 0.5) is 0 Å². The van der Waals surface area contributed by atoms with Crippen LogP contribution in [0.25, 0.3) is 0 Å². The van der Waals surface area contributed by atoms with Crippen LogP contribution >= 0.6 is 0 Å². The number of benzene rings is 2. The Morgan fingerprint density at radius 1 is 1.00 bits per heavy atom. The highest BCUT2D eigenvalue weighted by molar-refractivity contribution is 5.97. The van der Waals surface area contributed by atoms with Crippen molar-refractivity contribution in [2.24, 2.45) is 0 Å². The summed E-state index contributed by atoms with van der Waals surface area (Å²) >= 11 is 0. The number of likely N-dealkylation sites (tertiary alicyclic amines) is 1. The van der Waals surface area contributed by atoms with Gasteiger partial charge in [0.2, 0.25) is 5.79 Å². The van der Waals surface area contributed by atoms with Crippen molar-refractivity contribution in [2.45, 2.75) is 25.2 Å². The Labute approximate surface area is 158 Å². The third kappa shape index (κ3) is 3.21. The molecule has 1 fully saturated rings. The predicted molar refractivity (Wildman–Crippen MR) is 99.3 cm³/mol. The molecule has 1 amide bonds. The number of amides is 1. The molecule has 2 heterocycles. The number of rotatable bonds is 3. The first-order chi connectivity index (χ1) is 13.2. The van der Waals surface area contributed by atoms with Gasteiger partial charge in [0, 0.05) is 31.5 Å². The van der Waals surface area contributed by atoms with E-state index in [4.69, 9.17) is 18.9 Å². The van der Waals surface area contributed by atoms with Gasteiger partial charge >= 0.3 is 0 Å². The second-order valence-corrected chi connectivity index (χ2v) is 6.74. The van der Waals surface area contributed by atoms with E-state index in [9.17, 15) is 4.79 Å². The number of ether oxygens (including phenoxy) is 4. The number of nitrogens with zero attached hydrogens (tertiary/aromatic N) is 1. The van der Waals surface area contributed by atoms with Gasteiger partial charge in [-0.25, -0.2) is 0 Å². The fraction of sp³-hybridized carbons (Fsp3) is 0.381. The number of hydrogen-bond acceptors (Lipinski definition) is 5. The Balaban J connectivity index is 1.48. The molecule has 0 atom stereocenters. The maximum absolute atomic E-state index is 12.9. The Hall–Kier alpha value is -2.73. The molecule has 0 unspecified atom stereocenters. The van der Waals surface area contributed by atoms with E-state index in [0.29, 0.717) is 49.6 Å². The second-order valence-electron chi connectivity index (χ2n) is 6.74. The van der Waals surface area contributed by atoms with Crippen LogP contribution in [0.2, 0.25) is 0 Å². The molecule has 1 saturated heterocycles. The van der Waals surface area contributed by atoms with Crippen molar-refractivity contribution in [3.63, 3.8) is 0 Å². The fourth-order valence-corrected chi connectivity index (χ4v) is 3.66. The first-order valence-corrected chi connectivity index (χ1v) is 9.07. The smallest absolute Gasteiger partial charge is 0.257 e. The highest BCUT2D eigenvalue weighted by Crippen LogP contribution is 2.42. The highest BCUT2D eigenvalue weighted by atomic mass is 16.7. The van der Waals surface area contributed by atoms with Gasteiger partial charge in [-0.05, 0) is 18.2 Å². The molecule has 2 aliphatic heterocycles. The largest absolute Gasteiger partial charge is 0.496 e.